The average molecular weight is 676 g/mol. The Hall–Kier alpha value is -7.10. The summed E-state index contributed by atoms with van der Waals surface area (Å²) in [5, 5.41) is 9.91. The Morgan fingerprint density at radius 1 is 0.321 bits per heavy atom. The number of fused-ring (bicyclic) bond motifs is 9. The second-order valence-corrected chi connectivity index (χ2v) is 13.7. The molecule has 0 N–H and O–H groups in total. The van der Waals surface area contributed by atoms with Crippen LogP contribution in [0.15, 0.2) is 200 Å². The van der Waals surface area contributed by atoms with Crippen LogP contribution in [0, 0.1) is 0 Å². The van der Waals surface area contributed by atoms with E-state index in [4.69, 9.17) is 0 Å². The zero-order chi connectivity index (χ0) is 34.9. The fourth-order valence-electron chi connectivity index (χ4n) is 8.62. The van der Waals surface area contributed by atoms with Crippen LogP contribution in [0.2, 0.25) is 0 Å². The lowest BCUT2D eigenvalue weighted by molar-refractivity contribution is 1.18. The maximum Gasteiger partial charge on any atom is 0.0562 e. The van der Waals surface area contributed by atoms with Crippen LogP contribution in [0.5, 0.6) is 0 Å². The highest BCUT2D eigenvalue weighted by Gasteiger charge is 2.23. The Morgan fingerprint density at radius 2 is 0.906 bits per heavy atom. The molecular formula is C50H33N3. The molecule has 0 radical (unpaired) electrons. The summed E-state index contributed by atoms with van der Waals surface area (Å²) in [6, 6.07) is 72.7. The molecule has 0 aliphatic rings. The predicted octanol–water partition coefficient (Wildman–Crippen LogP) is 13.7. The van der Waals surface area contributed by atoms with Gasteiger partial charge in [0.15, 0.2) is 0 Å². The number of anilines is 3. The van der Waals surface area contributed by atoms with Crippen LogP contribution in [-0.2, 0) is 0 Å². The van der Waals surface area contributed by atoms with E-state index in [0.717, 1.165) is 22.7 Å². The van der Waals surface area contributed by atoms with Gasteiger partial charge in [-0.25, -0.2) is 0 Å². The highest BCUT2D eigenvalue weighted by atomic mass is 15.2. The summed E-state index contributed by atoms with van der Waals surface area (Å²) < 4.78 is 4.87. The Balaban J connectivity index is 1.22. The van der Waals surface area contributed by atoms with Gasteiger partial charge in [-0.3, -0.25) is 0 Å². The number of para-hydroxylation sites is 4. The van der Waals surface area contributed by atoms with E-state index >= 15 is 0 Å². The standard InChI is InChI=1S/C50H33N3/c1-3-17-35(18-4-1)51(37-30-31-42-41-24-11-13-26-44(41)52(49(42)33-37)36-19-5-2-6-20-36)46-28-15-29-47-50(46)43-25-12-14-27-45(43)53(47)48-32-34-16-7-8-21-38(34)39-22-9-10-23-40(39)48/h1-33H. The lowest BCUT2D eigenvalue weighted by Gasteiger charge is -2.27. The molecule has 0 saturated heterocycles. The van der Waals surface area contributed by atoms with Gasteiger partial charge in [0.1, 0.15) is 0 Å². The zero-order valence-corrected chi connectivity index (χ0v) is 28.9. The van der Waals surface area contributed by atoms with Gasteiger partial charge in [-0.1, -0.05) is 133 Å². The molecule has 248 valence electrons. The molecule has 11 aromatic rings. The summed E-state index contributed by atoms with van der Waals surface area (Å²) in [5.74, 6) is 0. The van der Waals surface area contributed by atoms with Crippen molar-refractivity contribution < 1.29 is 0 Å². The summed E-state index contributed by atoms with van der Waals surface area (Å²) in [6.07, 6.45) is 0. The Morgan fingerprint density at radius 3 is 1.70 bits per heavy atom. The summed E-state index contributed by atoms with van der Waals surface area (Å²) in [6.45, 7) is 0. The smallest absolute Gasteiger partial charge is 0.0562 e. The molecule has 2 heterocycles. The molecule has 0 atom stereocenters. The number of nitrogens with zero attached hydrogens (tertiary/aromatic N) is 3. The quantitative estimate of drug-likeness (QED) is 0.166. The molecule has 9 aromatic carbocycles. The maximum absolute atomic E-state index is 2.47. The van der Waals surface area contributed by atoms with Crippen molar-refractivity contribution in [1.29, 1.82) is 0 Å². The van der Waals surface area contributed by atoms with E-state index in [1.807, 2.05) is 0 Å². The Bertz CT molecular complexity index is 3170. The number of rotatable bonds is 5. The number of benzene rings is 9. The molecule has 0 amide bonds. The SMILES string of the molecule is c1ccc(N(c2ccc3c4ccccc4n(-c4ccccc4)c3c2)c2cccc3c2c2ccccc2n3-c2cc3ccccc3c3ccccc23)cc1. The van der Waals surface area contributed by atoms with Crippen LogP contribution < -0.4 is 4.90 Å². The fraction of sp³-hybridized carbons (Fsp3) is 0. The molecule has 0 saturated carbocycles. The maximum atomic E-state index is 2.47. The molecule has 53 heavy (non-hydrogen) atoms. The van der Waals surface area contributed by atoms with Crippen molar-refractivity contribution in [2.24, 2.45) is 0 Å². The molecular weight excluding hydrogens is 643 g/mol. The minimum Gasteiger partial charge on any atom is -0.310 e. The molecule has 0 spiro atoms. The van der Waals surface area contributed by atoms with Gasteiger partial charge < -0.3 is 14.0 Å². The first kappa shape index (κ1) is 29.6. The fourth-order valence-corrected chi connectivity index (χ4v) is 8.62. The lowest BCUT2D eigenvalue weighted by Crippen LogP contribution is -2.10. The minimum absolute atomic E-state index is 1.10. The van der Waals surface area contributed by atoms with Crippen molar-refractivity contribution in [2.75, 3.05) is 4.90 Å². The van der Waals surface area contributed by atoms with Crippen LogP contribution >= 0.6 is 0 Å². The third kappa shape index (κ3) is 4.47. The molecule has 0 aliphatic carbocycles. The predicted molar refractivity (Wildman–Crippen MR) is 225 cm³/mol. The van der Waals surface area contributed by atoms with Gasteiger partial charge in [-0.05, 0) is 82.9 Å². The van der Waals surface area contributed by atoms with Gasteiger partial charge in [-0.2, -0.15) is 0 Å². The second-order valence-electron chi connectivity index (χ2n) is 13.7. The number of hydrogen-bond acceptors (Lipinski definition) is 1. The first-order valence-corrected chi connectivity index (χ1v) is 18.2. The summed E-state index contributed by atoms with van der Waals surface area (Å²) in [5.41, 5.74) is 10.4. The van der Waals surface area contributed by atoms with E-state index in [1.165, 1.54) is 70.8 Å². The number of hydrogen-bond donors (Lipinski definition) is 0. The van der Waals surface area contributed by atoms with Crippen molar-refractivity contribution >= 4 is 82.2 Å². The number of aromatic nitrogens is 2. The minimum atomic E-state index is 1.10. The molecule has 0 unspecified atom stereocenters. The van der Waals surface area contributed by atoms with Crippen LogP contribution in [0.4, 0.5) is 17.1 Å². The van der Waals surface area contributed by atoms with E-state index < -0.39 is 0 Å². The van der Waals surface area contributed by atoms with Crippen LogP contribution in [0.25, 0.3) is 76.5 Å². The van der Waals surface area contributed by atoms with Gasteiger partial charge in [0, 0.05) is 44.0 Å². The molecule has 3 heteroatoms. The van der Waals surface area contributed by atoms with Crippen molar-refractivity contribution in [1.82, 2.24) is 9.13 Å². The molecule has 0 aliphatic heterocycles. The van der Waals surface area contributed by atoms with Gasteiger partial charge >= 0.3 is 0 Å². The van der Waals surface area contributed by atoms with Crippen LogP contribution in [0.3, 0.4) is 0 Å². The molecule has 11 rings (SSSR count). The van der Waals surface area contributed by atoms with E-state index in [-0.39, 0.29) is 0 Å². The summed E-state index contributed by atoms with van der Waals surface area (Å²) in [7, 11) is 0. The van der Waals surface area contributed by atoms with E-state index in [9.17, 15) is 0 Å². The van der Waals surface area contributed by atoms with Crippen LogP contribution in [-0.4, -0.2) is 9.13 Å². The molecule has 3 nitrogen and oxygen atoms in total. The largest absolute Gasteiger partial charge is 0.310 e. The van der Waals surface area contributed by atoms with Gasteiger partial charge in [0.2, 0.25) is 0 Å². The molecule has 0 bridgehead atoms. The highest BCUT2D eigenvalue weighted by Crippen LogP contribution is 2.46. The summed E-state index contributed by atoms with van der Waals surface area (Å²) in [4.78, 5) is 2.43. The van der Waals surface area contributed by atoms with E-state index in [0.29, 0.717) is 0 Å². The van der Waals surface area contributed by atoms with Gasteiger partial charge in [-0.15, -0.1) is 0 Å². The van der Waals surface area contributed by atoms with Gasteiger partial charge in [0.05, 0.1) is 33.4 Å². The third-order valence-electron chi connectivity index (χ3n) is 10.8. The van der Waals surface area contributed by atoms with E-state index in [1.54, 1.807) is 0 Å². The first-order chi connectivity index (χ1) is 26.3. The second kappa shape index (κ2) is 11.7. The van der Waals surface area contributed by atoms with Crippen LogP contribution in [0.1, 0.15) is 0 Å². The topological polar surface area (TPSA) is 13.1 Å². The van der Waals surface area contributed by atoms with Crippen molar-refractivity contribution in [3.8, 4) is 11.4 Å². The molecule has 0 fully saturated rings. The first-order valence-electron chi connectivity index (χ1n) is 18.2. The summed E-state index contributed by atoms with van der Waals surface area (Å²) >= 11 is 0. The normalized spacial score (nSPS) is 11.8. The average Bonchev–Trinajstić information content (AvgIpc) is 3.74. The van der Waals surface area contributed by atoms with E-state index in [2.05, 4.69) is 214 Å². The Kier molecular flexibility index (Phi) is 6.55. The monoisotopic (exact) mass is 675 g/mol. The third-order valence-corrected chi connectivity index (χ3v) is 10.8. The zero-order valence-electron chi connectivity index (χ0n) is 28.9. The Labute approximate surface area is 306 Å². The van der Waals surface area contributed by atoms with Crippen molar-refractivity contribution in [3.63, 3.8) is 0 Å². The lowest BCUT2D eigenvalue weighted by atomic mass is 10.00. The molecule has 2 aromatic heterocycles. The highest BCUT2D eigenvalue weighted by molar-refractivity contribution is 6.19. The van der Waals surface area contributed by atoms with Crippen molar-refractivity contribution in [3.05, 3.63) is 200 Å². The van der Waals surface area contributed by atoms with Gasteiger partial charge in [0.25, 0.3) is 0 Å². The van der Waals surface area contributed by atoms with Crippen molar-refractivity contribution in [2.45, 2.75) is 0 Å².